The second kappa shape index (κ2) is 5.41. The van der Waals surface area contributed by atoms with Gasteiger partial charge < -0.3 is 5.11 Å². The minimum Gasteiger partial charge on any atom is -0.385 e. The maximum Gasteiger partial charge on any atom is 0.191 e. The van der Waals surface area contributed by atoms with Crippen molar-refractivity contribution in [1.29, 1.82) is 0 Å². The van der Waals surface area contributed by atoms with Gasteiger partial charge in [-0.15, -0.1) is 0 Å². The molecule has 1 unspecified atom stereocenters. The van der Waals surface area contributed by atoms with E-state index >= 15 is 0 Å². The molecule has 3 heteroatoms. The minimum absolute atomic E-state index is 0.0412. The van der Waals surface area contributed by atoms with Gasteiger partial charge in [0, 0.05) is 5.56 Å². The van der Waals surface area contributed by atoms with E-state index in [1.807, 2.05) is 0 Å². The highest BCUT2D eigenvalue weighted by Crippen LogP contribution is 2.28. The van der Waals surface area contributed by atoms with E-state index in [1.54, 1.807) is 6.07 Å². The first-order valence-corrected chi connectivity index (χ1v) is 6.16. The fraction of sp³-hybridized carbons (Fsp3) is 0.500. The Balaban J connectivity index is 2.08. The van der Waals surface area contributed by atoms with Crippen LogP contribution >= 0.6 is 0 Å². The molecule has 0 heterocycles. The fourth-order valence-electron chi connectivity index (χ4n) is 2.48. The van der Waals surface area contributed by atoms with Crippen molar-refractivity contribution in [2.24, 2.45) is 5.92 Å². The summed E-state index contributed by atoms with van der Waals surface area (Å²) in [5.41, 5.74) is 0.267. The van der Waals surface area contributed by atoms with Crippen molar-refractivity contribution in [2.75, 3.05) is 0 Å². The number of carbonyl (C=O) groups excluding carboxylic acids is 1. The summed E-state index contributed by atoms with van der Waals surface area (Å²) in [6.45, 7) is 0. The van der Waals surface area contributed by atoms with Crippen molar-refractivity contribution in [3.63, 3.8) is 0 Å². The molecule has 0 bridgehead atoms. The number of aliphatic hydroxyl groups excluding tert-OH is 1. The Morgan fingerprint density at radius 2 is 2.00 bits per heavy atom. The van der Waals surface area contributed by atoms with Crippen LogP contribution in [-0.4, -0.2) is 17.0 Å². The molecule has 2 rings (SSSR count). The molecule has 17 heavy (non-hydrogen) atoms. The number of hydrogen-bond acceptors (Lipinski definition) is 2. The SMILES string of the molecule is O=C(c1cccc(F)c1)C(O)C1CCCCC1. The maximum atomic E-state index is 13.0. The van der Waals surface area contributed by atoms with Gasteiger partial charge in [0.1, 0.15) is 11.9 Å². The average molecular weight is 236 g/mol. The highest BCUT2D eigenvalue weighted by molar-refractivity contribution is 5.99. The topological polar surface area (TPSA) is 37.3 Å². The second-order valence-corrected chi connectivity index (χ2v) is 4.72. The van der Waals surface area contributed by atoms with Gasteiger partial charge in [0.05, 0.1) is 0 Å². The molecule has 1 fully saturated rings. The van der Waals surface area contributed by atoms with Crippen LogP contribution in [0.4, 0.5) is 4.39 Å². The second-order valence-electron chi connectivity index (χ2n) is 4.72. The number of carbonyl (C=O) groups is 1. The largest absolute Gasteiger partial charge is 0.385 e. The number of Topliss-reactive ketones (excluding diaryl/α,β-unsaturated/α-hetero) is 1. The van der Waals surface area contributed by atoms with Gasteiger partial charge in [-0.05, 0) is 30.9 Å². The summed E-state index contributed by atoms with van der Waals surface area (Å²) in [4.78, 5) is 12.0. The number of benzene rings is 1. The molecule has 1 aliphatic carbocycles. The third-order valence-electron chi connectivity index (χ3n) is 3.47. The molecule has 0 aromatic heterocycles. The molecular formula is C14H17FO2. The average Bonchev–Trinajstić information content (AvgIpc) is 2.38. The number of rotatable bonds is 3. The smallest absolute Gasteiger partial charge is 0.191 e. The van der Waals surface area contributed by atoms with Gasteiger partial charge in [-0.1, -0.05) is 31.4 Å². The van der Waals surface area contributed by atoms with Gasteiger partial charge in [0.15, 0.2) is 5.78 Å². The number of hydrogen-bond donors (Lipinski definition) is 1. The normalized spacial score (nSPS) is 18.9. The van der Waals surface area contributed by atoms with Crippen molar-refractivity contribution in [1.82, 2.24) is 0 Å². The predicted molar refractivity (Wildman–Crippen MR) is 63.3 cm³/mol. The molecule has 2 nitrogen and oxygen atoms in total. The van der Waals surface area contributed by atoms with Crippen LogP contribution in [0.3, 0.4) is 0 Å². The summed E-state index contributed by atoms with van der Waals surface area (Å²) >= 11 is 0. The van der Waals surface area contributed by atoms with E-state index in [2.05, 4.69) is 0 Å². The zero-order valence-electron chi connectivity index (χ0n) is 9.73. The lowest BCUT2D eigenvalue weighted by molar-refractivity contribution is 0.0534. The summed E-state index contributed by atoms with van der Waals surface area (Å²) in [6.07, 6.45) is 4.12. The Bertz CT molecular complexity index is 397. The molecule has 0 saturated heterocycles. The summed E-state index contributed by atoms with van der Waals surface area (Å²) in [6, 6.07) is 5.53. The fourth-order valence-corrected chi connectivity index (χ4v) is 2.48. The van der Waals surface area contributed by atoms with E-state index in [9.17, 15) is 14.3 Å². The molecule has 0 spiro atoms. The van der Waals surface area contributed by atoms with E-state index in [-0.39, 0.29) is 17.3 Å². The Labute approximate surface area is 100 Å². The van der Waals surface area contributed by atoms with Crippen LogP contribution in [0.1, 0.15) is 42.5 Å². The molecule has 1 aliphatic rings. The lowest BCUT2D eigenvalue weighted by Gasteiger charge is -2.25. The number of ketones is 1. The van der Waals surface area contributed by atoms with Crippen LogP contribution in [-0.2, 0) is 0 Å². The van der Waals surface area contributed by atoms with E-state index in [0.717, 1.165) is 25.7 Å². The zero-order valence-corrected chi connectivity index (χ0v) is 9.73. The zero-order chi connectivity index (χ0) is 12.3. The summed E-state index contributed by atoms with van der Waals surface area (Å²) in [5, 5.41) is 10.0. The quantitative estimate of drug-likeness (QED) is 0.819. The van der Waals surface area contributed by atoms with Crippen LogP contribution in [0.5, 0.6) is 0 Å². The van der Waals surface area contributed by atoms with Crippen molar-refractivity contribution < 1.29 is 14.3 Å². The first-order valence-electron chi connectivity index (χ1n) is 6.16. The van der Waals surface area contributed by atoms with E-state index in [1.165, 1.54) is 24.6 Å². The molecule has 1 aromatic carbocycles. The van der Waals surface area contributed by atoms with Crippen molar-refractivity contribution in [2.45, 2.75) is 38.2 Å². The summed E-state index contributed by atoms with van der Waals surface area (Å²) < 4.78 is 13.0. The Morgan fingerprint density at radius 1 is 1.29 bits per heavy atom. The van der Waals surface area contributed by atoms with Crippen LogP contribution in [0.2, 0.25) is 0 Å². The lowest BCUT2D eigenvalue weighted by Crippen LogP contribution is -2.31. The molecule has 0 radical (unpaired) electrons. The van der Waals surface area contributed by atoms with E-state index in [0.29, 0.717) is 0 Å². The monoisotopic (exact) mass is 236 g/mol. The van der Waals surface area contributed by atoms with Crippen LogP contribution in [0, 0.1) is 11.7 Å². The minimum atomic E-state index is -0.975. The molecule has 92 valence electrons. The van der Waals surface area contributed by atoms with Gasteiger partial charge in [-0.2, -0.15) is 0 Å². The van der Waals surface area contributed by atoms with Gasteiger partial charge in [0.25, 0.3) is 0 Å². The van der Waals surface area contributed by atoms with Crippen LogP contribution in [0.25, 0.3) is 0 Å². The van der Waals surface area contributed by atoms with Gasteiger partial charge >= 0.3 is 0 Å². The highest BCUT2D eigenvalue weighted by Gasteiger charge is 2.28. The molecule has 1 atom stereocenters. The summed E-state index contributed by atoms with van der Waals surface area (Å²) in [7, 11) is 0. The molecular weight excluding hydrogens is 219 g/mol. The number of aliphatic hydroxyl groups is 1. The third-order valence-corrected chi connectivity index (χ3v) is 3.47. The third kappa shape index (κ3) is 2.91. The first kappa shape index (κ1) is 12.2. The Kier molecular flexibility index (Phi) is 3.89. The van der Waals surface area contributed by atoms with Crippen molar-refractivity contribution in [3.05, 3.63) is 35.6 Å². The summed E-state index contributed by atoms with van der Waals surface area (Å²) in [5.74, 6) is -0.748. The van der Waals surface area contributed by atoms with Gasteiger partial charge in [-0.3, -0.25) is 4.79 Å². The highest BCUT2D eigenvalue weighted by atomic mass is 19.1. The predicted octanol–water partition coefficient (Wildman–Crippen LogP) is 2.95. The van der Waals surface area contributed by atoms with E-state index < -0.39 is 11.9 Å². The van der Waals surface area contributed by atoms with E-state index in [4.69, 9.17) is 0 Å². The standard InChI is InChI=1S/C14H17FO2/c15-12-8-4-7-11(9-12)14(17)13(16)10-5-2-1-3-6-10/h4,7-10,13,16H,1-3,5-6H2. The maximum absolute atomic E-state index is 13.0. The van der Waals surface area contributed by atoms with Crippen LogP contribution < -0.4 is 0 Å². The first-order chi connectivity index (χ1) is 8.18. The van der Waals surface area contributed by atoms with Crippen molar-refractivity contribution in [3.8, 4) is 0 Å². The Hall–Kier alpha value is -1.22. The molecule has 1 N–H and O–H groups in total. The molecule has 0 aliphatic heterocycles. The van der Waals surface area contributed by atoms with Crippen molar-refractivity contribution >= 4 is 5.78 Å². The number of halogens is 1. The molecule has 0 amide bonds. The van der Waals surface area contributed by atoms with Gasteiger partial charge in [0.2, 0.25) is 0 Å². The Morgan fingerprint density at radius 3 is 2.65 bits per heavy atom. The van der Waals surface area contributed by atoms with Gasteiger partial charge in [-0.25, -0.2) is 4.39 Å². The lowest BCUT2D eigenvalue weighted by atomic mass is 9.82. The molecule has 1 saturated carbocycles. The molecule has 1 aromatic rings. The van der Waals surface area contributed by atoms with Crippen LogP contribution in [0.15, 0.2) is 24.3 Å².